The Bertz CT molecular complexity index is 130. The van der Waals surface area contributed by atoms with E-state index in [9.17, 15) is 5.11 Å². The van der Waals surface area contributed by atoms with Gasteiger partial charge in [-0.05, 0) is 6.92 Å². The van der Waals surface area contributed by atoms with Gasteiger partial charge in [0, 0.05) is 14.2 Å². The van der Waals surface area contributed by atoms with Gasteiger partial charge in [0.1, 0.15) is 0 Å². The van der Waals surface area contributed by atoms with E-state index >= 15 is 0 Å². The summed E-state index contributed by atoms with van der Waals surface area (Å²) in [6.45, 7) is 1.45. The number of ether oxygens (including phenoxy) is 2. The van der Waals surface area contributed by atoms with Gasteiger partial charge >= 0.3 is 0 Å². The van der Waals surface area contributed by atoms with E-state index in [0.717, 1.165) is 0 Å². The van der Waals surface area contributed by atoms with Crippen molar-refractivity contribution in [3.63, 3.8) is 0 Å². The highest BCUT2D eigenvalue weighted by Crippen LogP contribution is 2.11. The van der Waals surface area contributed by atoms with Crippen molar-refractivity contribution >= 4 is 0 Å². The normalized spacial score (nSPS) is 16.4. The van der Waals surface area contributed by atoms with Crippen LogP contribution in [0, 0.1) is 12.3 Å². The van der Waals surface area contributed by atoms with E-state index in [1.807, 2.05) is 0 Å². The molecule has 0 aromatic carbocycles. The van der Waals surface area contributed by atoms with Crippen molar-refractivity contribution in [3.05, 3.63) is 0 Å². The smallest absolute Gasteiger partial charge is 0.197 e. The number of rotatable bonds is 3. The lowest BCUT2D eigenvalue weighted by Crippen LogP contribution is -2.40. The molecule has 58 valence electrons. The minimum atomic E-state index is -1.36. The number of hydrogen-bond donors (Lipinski definition) is 1. The van der Waals surface area contributed by atoms with Gasteiger partial charge in [-0.15, -0.1) is 6.42 Å². The van der Waals surface area contributed by atoms with Crippen molar-refractivity contribution in [2.24, 2.45) is 0 Å². The third-order valence-electron chi connectivity index (χ3n) is 1.18. The summed E-state index contributed by atoms with van der Waals surface area (Å²) in [5, 5.41) is 9.30. The molecule has 0 bridgehead atoms. The van der Waals surface area contributed by atoms with Crippen LogP contribution in [0.2, 0.25) is 0 Å². The second-order valence-corrected chi connectivity index (χ2v) is 2.10. The van der Waals surface area contributed by atoms with Gasteiger partial charge in [0.05, 0.1) is 0 Å². The Morgan fingerprint density at radius 2 is 1.90 bits per heavy atom. The lowest BCUT2D eigenvalue weighted by molar-refractivity contribution is -0.185. The fourth-order valence-corrected chi connectivity index (χ4v) is 0.623. The summed E-state index contributed by atoms with van der Waals surface area (Å²) >= 11 is 0. The molecule has 0 aliphatic carbocycles. The Labute approximate surface area is 60.9 Å². The maximum atomic E-state index is 9.30. The average Bonchev–Trinajstić information content (AvgIpc) is 1.90. The molecule has 0 amide bonds. The maximum absolute atomic E-state index is 9.30. The van der Waals surface area contributed by atoms with Crippen LogP contribution in [-0.4, -0.2) is 31.2 Å². The van der Waals surface area contributed by atoms with E-state index in [0.29, 0.717) is 0 Å². The van der Waals surface area contributed by atoms with Crippen LogP contribution in [0.1, 0.15) is 6.92 Å². The molecular weight excluding hydrogens is 132 g/mol. The number of aliphatic hydroxyl groups is 1. The summed E-state index contributed by atoms with van der Waals surface area (Å²) in [4.78, 5) is 0. The minimum absolute atomic E-state index is 0.766. The first-order valence-electron chi connectivity index (χ1n) is 2.84. The third kappa shape index (κ3) is 1.99. The lowest BCUT2D eigenvalue weighted by atomic mass is 10.1. The van der Waals surface area contributed by atoms with Gasteiger partial charge in [0.15, 0.2) is 11.9 Å². The molecule has 3 nitrogen and oxygen atoms in total. The standard InChI is InChI=1S/C7H12O3/c1-5-7(2,8)6(9-3)10-4/h1,6,8H,2-4H3. The summed E-state index contributed by atoms with van der Waals surface area (Å²) in [5.41, 5.74) is -1.36. The van der Waals surface area contributed by atoms with Crippen LogP contribution >= 0.6 is 0 Å². The Hall–Kier alpha value is -0.560. The molecule has 0 aliphatic rings. The highest BCUT2D eigenvalue weighted by atomic mass is 16.7. The summed E-state index contributed by atoms with van der Waals surface area (Å²) in [5.74, 6) is 2.15. The molecule has 1 atom stereocenters. The molecule has 0 aliphatic heterocycles. The van der Waals surface area contributed by atoms with Gasteiger partial charge in [-0.1, -0.05) is 5.92 Å². The predicted octanol–water partition coefficient (Wildman–Crippen LogP) is -0.0105. The Balaban J connectivity index is 4.15. The predicted molar refractivity (Wildman–Crippen MR) is 37.3 cm³/mol. The van der Waals surface area contributed by atoms with Crippen LogP contribution in [0.15, 0.2) is 0 Å². The van der Waals surface area contributed by atoms with E-state index in [1.54, 1.807) is 0 Å². The average molecular weight is 144 g/mol. The molecule has 0 saturated heterocycles. The fraction of sp³-hybridized carbons (Fsp3) is 0.714. The van der Waals surface area contributed by atoms with E-state index in [1.165, 1.54) is 21.1 Å². The largest absolute Gasteiger partial charge is 0.373 e. The highest BCUT2D eigenvalue weighted by Gasteiger charge is 2.29. The van der Waals surface area contributed by atoms with Crippen LogP contribution in [0.5, 0.6) is 0 Å². The third-order valence-corrected chi connectivity index (χ3v) is 1.18. The fourth-order valence-electron chi connectivity index (χ4n) is 0.623. The number of methoxy groups -OCH3 is 2. The van der Waals surface area contributed by atoms with Crippen molar-refractivity contribution in [2.45, 2.75) is 18.8 Å². The lowest BCUT2D eigenvalue weighted by Gasteiger charge is -2.24. The topological polar surface area (TPSA) is 38.7 Å². The zero-order valence-corrected chi connectivity index (χ0v) is 6.42. The van der Waals surface area contributed by atoms with Crippen molar-refractivity contribution < 1.29 is 14.6 Å². The SMILES string of the molecule is C#CC(C)(O)C(OC)OC. The molecule has 3 heteroatoms. The summed E-state index contributed by atoms with van der Waals surface area (Å²) in [6.07, 6.45) is 4.23. The molecule has 0 aromatic rings. The highest BCUT2D eigenvalue weighted by molar-refractivity contribution is 5.06. The zero-order valence-electron chi connectivity index (χ0n) is 6.42. The number of terminal acetylenes is 1. The molecule has 0 rings (SSSR count). The van der Waals surface area contributed by atoms with Gasteiger partial charge in [-0.25, -0.2) is 0 Å². The molecule has 0 saturated carbocycles. The molecule has 1 N–H and O–H groups in total. The molecule has 10 heavy (non-hydrogen) atoms. The van der Waals surface area contributed by atoms with Gasteiger partial charge in [0.25, 0.3) is 0 Å². The summed E-state index contributed by atoms with van der Waals surface area (Å²) in [6, 6.07) is 0. The molecule has 0 spiro atoms. The Morgan fingerprint density at radius 3 is 2.00 bits per heavy atom. The first-order chi connectivity index (χ1) is 4.58. The molecular formula is C7H12O3. The van der Waals surface area contributed by atoms with Crippen LogP contribution in [0.25, 0.3) is 0 Å². The molecule has 1 unspecified atom stereocenters. The van der Waals surface area contributed by atoms with E-state index in [4.69, 9.17) is 15.9 Å². The zero-order chi connectivity index (χ0) is 8.20. The maximum Gasteiger partial charge on any atom is 0.197 e. The van der Waals surface area contributed by atoms with Crippen molar-refractivity contribution in [2.75, 3.05) is 14.2 Å². The first kappa shape index (κ1) is 9.44. The first-order valence-corrected chi connectivity index (χ1v) is 2.84. The van der Waals surface area contributed by atoms with Gasteiger partial charge in [-0.2, -0.15) is 0 Å². The van der Waals surface area contributed by atoms with E-state index in [-0.39, 0.29) is 0 Å². The Morgan fingerprint density at radius 1 is 1.50 bits per heavy atom. The molecule has 0 radical (unpaired) electrons. The molecule has 0 heterocycles. The number of hydrogen-bond acceptors (Lipinski definition) is 3. The van der Waals surface area contributed by atoms with Crippen LogP contribution in [-0.2, 0) is 9.47 Å². The van der Waals surface area contributed by atoms with Crippen LogP contribution in [0.3, 0.4) is 0 Å². The monoisotopic (exact) mass is 144 g/mol. The molecule has 0 fully saturated rings. The molecule has 0 aromatic heterocycles. The van der Waals surface area contributed by atoms with E-state index < -0.39 is 11.9 Å². The second-order valence-electron chi connectivity index (χ2n) is 2.10. The van der Waals surface area contributed by atoms with E-state index in [2.05, 4.69) is 5.92 Å². The van der Waals surface area contributed by atoms with Crippen LogP contribution < -0.4 is 0 Å². The summed E-state index contributed by atoms with van der Waals surface area (Å²) in [7, 11) is 2.83. The minimum Gasteiger partial charge on any atom is -0.373 e. The van der Waals surface area contributed by atoms with Crippen molar-refractivity contribution in [1.29, 1.82) is 0 Å². The summed E-state index contributed by atoms with van der Waals surface area (Å²) < 4.78 is 9.48. The quantitative estimate of drug-likeness (QED) is 0.447. The second kappa shape index (κ2) is 3.57. The van der Waals surface area contributed by atoms with Gasteiger partial charge in [0.2, 0.25) is 0 Å². The Kier molecular flexibility index (Phi) is 3.37. The van der Waals surface area contributed by atoms with Crippen molar-refractivity contribution in [1.82, 2.24) is 0 Å². The van der Waals surface area contributed by atoms with Crippen LogP contribution in [0.4, 0.5) is 0 Å². The van der Waals surface area contributed by atoms with Crippen molar-refractivity contribution in [3.8, 4) is 12.3 Å². The van der Waals surface area contributed by atoms with Gasteiger partial charge in [-0.3, -0.25) is 0 Å². The van der Waals surface area contributed by atoms with Gasteiger partial charge < -0.3 is 14.6 Å².